The molecule has 0 saturated carbocycles. The van der Waals surface area contributed by atoms with E-state index in [0.717, 1.165) is 61.6 Å². The van der Waals surface area contributed by atoms with Gasteiger partial charge in [0.05, 0.1) is 16.9 Å². The molecule has 0 amide bonds. The van der Waals surface area contributed by atoms with Gasteiger partial charge in [0, 0.05) is 39.5 Å². The number of aromatic hydroxyl groups is 1. The maximum Gasteiger partial charge on any atom is 0.146 e. The fraction of sp³-hybridized carbons (Fsp3) is 0.190. The van der Waals surface area contributed by atoms with E-state index in [0.29, 0.717) is 0 Å². The predicted molar refractivity (Wildman–Crippen MR) is 196 cm³/mol. The number of fused-ring (bicyclic) bond motifs is 3. The summed E-state index contributed by atoms with van der Waals surface area (Å²) >= 11 is 0. The van der Waals surface area contributed by atoms with Crippen LogP contribution in [0.3, 0.4) is 0 Å². The van der Waals surface area contributed by atoms with Gasteiger partial charge in [0.15, 0.2) is 0 Å². The summed E-state index contributed by atoms with van der Waals surface area (Å²) in [6.45, 7) is 13.1. The highest BCUT2D eigenvalue weighted by molar-refractivity contribution is 6.08. The maximum absolute atomic E-state index is 11.9. The van der Waals surface area contributed by atoms with Crippen molar-refractivity contribution in [2.24, 2.45) is 0 Å². The molecule has 4 aromatic carbocycles. The Bertz CT molecular complexity index is 2180. The normalized spacial score (nSPS) is 12.1. The Morgan fingerprint density at radius 2 is 1.36 bits per heavy atom. The number of hydrogen-bond acceptors (Lipinski definition) is 4. The molecule has 7 rings (SSSR count). The second-order valence-corrected chi connectivity index (χ2v) is 14.2. The highest BCUT2D eigenvalue weighted by Crippen LogP contribution is 2.43. The van der Waals surface area contributed by atoms with Crippen LogP contribution < -0.4 is 4.90 Å². The van der Waals surface area contributed by atoms with Gasteiger partial charge >= 0.3 is 0 Å². The molecule has 47 heavy (non-hydrogen) atoms. The van der Waals surface area contributed by atoms with Gasteiger partial charge in [-0.1, -0.05) is 102 Å². The Morgan fingerprint density at radius 3 is 2.09 bits per heavy atom. The number of phenolic OH excluding ortho intramolecular Hbond substituents is 1. The van der Waals surface area contributed by atoms with Gasteiger partial charge in [-0.2, -0.15) is 0 Å². The molecule has 234 valence electrons. The number of para-hydroxylation sites is 2. The van der Waals surface area contributed by atoms with Crippen LogP contribution in [0.2, 0.25) is 0 Å². The zero-order valence-corrected chi connectivity index (χ0v) is 27.9. The predicted octanol–water partition coefficient (Wildman–Crippen LogP) is 11.0. The van der Waals surface area contributed by atoms with Crippen molar-refractivity contribution >= 4 is 39.1 Å². The summed E-state index contributed by atoms with van der Waals surface area (Å²) in [4.78, 5) is 12.2. The highest BCUT2D eigenvalue weighted by atomic mass is 16.3. The van der Waals surface area contributed by atoms with Crippen LogP contribution >= 0.6 is 0 Å². The molecular weight excluding hydrogens is 576 g/mol. The minimum Gasteiger partial charge on any atom is -0.505 e. The Balaban J connectivity index is 1.45. The third-order valence-electron chi connectivity index (χ3n) is 8.82. The second kappa shape index (κ2) is 11.4. The van der Waals surface area contributed by atoms with Crippen molar-refractivity contribution in [3.63, 3.8) is 0 Å². The Hall–Kier alpha value is -5.42. The van der Waals surface area contributed by atoms with Crippen LogP contribution in [0.15, 0.2) is 128 Å². The molecular formula is C42H40N4O. The van der Waals surface area contributed by atoms with Crippen LogP contribution in [0.4, 0.5) is 17.2 Å². The van der Waals surface area contributed by atoms with E-state index in [1.807, 2.05) is 48.7 Å². The van der Waals surface area contributed by atoms with Crippen LogP contribution in [-0.4, -0.2) is 19.6 Å². The van der Waals surface area contributed by atoms with Gasteiger partial charge in [-0.05, 0) is 77.1 Å². The van der Waals surface area contributed by atoms with Crippen molar-refractivity contribution in [1.29, 1.82) is 0 Å². The van der Waals surface area contributed by atoms with Crippen molar-refractivity contribution in [2.45, 2.75) is 52.4 Å². The van der Waals surface area contributed by atoms with Crippen LogP contribution in [0.1, 0.15) is 52.7 Å². The third-order valence-corrected chi connectivity index (χ3v) is 8.82. The summed E-state index contributed by atoms with van der Waals surface area (Å²) in [7, 11) is 0. The van der Waals surface area contributed by atoms with Crippen molar-refractivity contribution < 1.29 is 5.11 Å². The van der Waals surface area contributed by atoms with Crippen LogP contribution in [0.5, 0.6) is 5.75 Å². The molecule has 0 atom stereocenters. The van der Waals surface area contributed by atoms with E-state index in [2.05, 4.69) is 135 Å². The first kappa shape index (κ1) is 30.2. The molecule has 5 nitrogen and oxygen atoms in total. The molecule has 7 aromatic rings. The Kier molecular flexibility index (Phi) is 7.35. The van der Waals surface area contributed by atoms with E-state index in [-0.39, 0.29) is 16.6 Å². The number of anilines is 3. The smallest absolute Gasteiger partial charge is 0.146 e. The van der Waals surface area contributed by atoms with Crippen molar-refractivity contribution in [3.05, 3.63) is 139 Å². The number of aromatic nitrogens is 3. The number of rotatable bonds is 5. The number of phenols is 1. The SMILES string of the molecule is CC(C)(C)c1cc(-n2c3ccccc3c3ccc(-c4cccc(N(c5ccccc5)c5ccccn5)c4)nc32)c(O)c(C(C)(C)C)c1. The molecule has 0 saturated heterocycles. The van der Waals surface area contributed by atoms with Gasteiger partial charge in [-0.3, -0.25) is 9.47 Å². The lowest BCUT2D eigenvalue weighted by Crippen LogP contribution is -2.18. The topological polar surface area (TPSA) is 54.2 Å². The van der Waals surface area contributed by atoms with Crippen molar-refractivity contribution in [1.82, 2.24) is 14.5 Å². The number of hydrogen-bond donors (Lipinski definition) is 1. The molecule has 3 aromatic heterocycles. The molecule has 0 bridgehead atoms. The van der Waals surface area contributed by atoms with Crippen molar-refractivity contribution in [2.75, 3.05) is 4.90 Å². The first-order chi connectivity index (χ1) is 22.5. The lowest BCUT2D eigenvalue weighted by atomic mass is 9.79. The van der Waals surface area contributed by atoms with E-state index in [1.54, 1.807) is 0 Å². The average Bonchev–Trinajstić information content (AvgIpc) is 3.38. The summed E-state index contributed by atoms with van der Waals surface area (Å²) in [5.41, 5.74) is 8.13. The lowest BCUT2D eigenvalue weighted by molar-refractivity contribution is 0.442. The molecule has 0 aliphatic heterocycles. The van der Waals surface area contributed by atoms with Crippen LogP contribution in [0, 0.1) is 0 Å². The van der Waals surface area contributed by atoms with E-state index >= 15 is 0 Å². The summed E-state index contributed by atoms with van der Waals surface area (Å²) < 4.78 is 2.14. The summed E-state index contributed by atoms with van der Waals surface area (Å²) in [6, 6.07) is 41.6. The number of nitrogens with zero attached hydrogens (tertiary/aromatic N) is 4. The van der Waals surface area contributed by atoms with Crippen molar-refractivity contribution in [3.8, 4) is 22.7 Å². The Labute approximate surface area is 276 Å². The van der Waals surface area contributed by atoms with Gasteiger partial charge in [-0.15, -0.1) is 0 Å². The first-order valence-electron chi connectivity index (χ1n) is 16.2. The molecule has 0 radical (unpaired) electrons. The zero-order valence-electron chi connectivity index (χ0n) is 27.9. The van der Waals surface area contributed by atoms with E-state index in [9.17, 15) is 5.11 Å². The summed E-state index contributed by atoms with van der Waals surface area (Å²) in [6.07, 6.45) is 1.82. The minimum absolute atomic E-state index is 0.113. The van der Waals surface area contributed by atoms with Gasteiger partial charge < -0.3 is 5.11 Å². The fourth-order valence-corrected chi connectivity index (χ4v) is 6.32. The molecule has 0 unspecified atom stereocenters. The van der Waals surface area contributed by atoms with Gasteiger partial charge in [0.1, 0.15) is 17.2 Å². The molecule has 0 aliphatic carbocycles. The van der Waals surface area contributed by atoms with Gasteiger partial charge in [0.2, 0.25) is 0 Å². The van der Waals surface area contributed by atoms with Gasteiger partial charge in [-0.25, -0.2) is 9.97 Å². The van der Waals surface area contributed by atoms with Gasteiger partial charge in [0.25, 0.3) is 0 Å². The molecule has 0 aliphatic rings. The lowest BCUT2D eigenvalue weighted by Gasteiger charge is -2.28. The van der Waals surface area contributed by atoms with Crippen LogP contribution in [-0.2, 0) is 10.8 Å². The maximum atomic E-state index is 11.9. The minimum atomic E-state index is -0.254. The standard InChI is InChI=1S/C42H40N4O/c1-41(2,3)29-26-34(42(4,5)6)39(47)37(27-29)46-36-20-11-10-19-32(36)33-22-23-35(44-40(33)46)28-15-14-18-31(25-28)45(30-16-8-7-9-17-30)38-21-12-13-24-43-38/h7-27,47H,1-6H3. The molecule has 0 fully saturated rings. The highest BCUT2D eigenvalue weighted by Gasteiger charge is 2.27. The average molecular weight is 617 g/mol. The van der Waals surface area contributed by atoms with E-state index < -0.39 is 0 Å². The summed E-state index contributed by atoms with van der Waals surface area (Å²) in [5.74, 6) is 1.12. The van der Waals surface area contributed by atoms with E-state index in [1.165, 1.54) is 5.56 Å². The zero-order chi connectivity index (χ0) is 32.9. The summed E-state index contributed by atoms with van der Waals surface area (Å²) in [5, 5.41) is 14.1. The Morgan fingerprint density at radius 1 is 0.638 bits per heavy atom. The fourth-order valence-electron chi connectivity index (χ4n) is 6.32. The third kappa shape index (κ3) is 5.52. The second-order valence-electron chi connectivity index (χ2n) is 14.2. The molecule has 3 heterocycles. The van der Waals surface area contributed by atoms with E-state index in [4.69, 9.17) is 4.98 Å². The quantitative estimate of drug-likeness (QED) is 0.209. The largest absolute Gasteiger partial charge is 0.505 e. The molecule has 5 heteroatoms. The van der Waals surface area contributed by atoms with Crippen LogP contribution in [0.25, 0.3) is 38.9 Å². The monoisotopic (exact) mass is 616 g/mol. The number of benzene rings is 4. The molecule has 0 spiro atoms. The molecule has 1 N–H and O–H groups in total. The first-order valence-corrected chi connectivity index (χ1v) is 16.2. The number of pyridine rings is 2.